The van der Waals surface area contributed by atoms with E-state index in [1.54, 1.807) is 0 Å². The van der Waals surface area contributed by atoms with Crippen molar-refractivity contribution in [3.8, 4) is 0 Å². The Labute approximate surface area is 103 Å². The molecule has 5 heteroatoms. The third-order valence-corrected chi connectivity index (χ3v) is 3.46. The van der Waals surface area contributed by atoms with E-state index < -0.39 is 0 Å². The van der Waals surface area contributed by atoms with Crippen LogP contribution in [0.2, 0.25) is 0 Å². The Morgan fingerprint density at radius 2 is 2.24 bits per heavy atom. The van der Waals surface area contributed by atoms with Crippen molar-refractivity contribution in [2.75, 3.05) is 32.8 Å². The number of carbonyl (C=O) groups excluding carboxylic acids is 1. The monoisotopic (exact) mass is 241 g/mol. The van der Waals surface area contributed by atoms with Crippen LogP contribution < -0.4 is 10.6 Å². The minimum atomic E-state index is 0.0408. The van der Waals surface area contributed by atoms with Crippen molar-refractivity contribution in [1.29, 1.82) is 0 Å². The molecule has 0 aromatic rings. The summed E-state index contributed by atoms with van der Waals surface area (Å²) in [5.74, 6) is 0. The second-order valence-electron chi connectivity index (χ2n) is 5.97. The van der Waals surface area contributed by atoms with Gasteiger partial charge >= 0.3 is 6.03 Å². The van der Waals surface area contributed by atoms with Crippen LogP contribution in [0.4, 0.5) is 4.79 Å². The Hall–Kier alpha value is -0.810. The molecule has 0 spiro atoms. The van der Waals surface area contributed by atoms with Crippen molar-refractivity contribution in [2.24, 2.45) is 5.41 Å². The van der Waals surface area contributed by atoms with Gasteiger partial charge in [0.1, 0.15) is 0 Å². The van der Waals surface area contributed by atoms with Gasteiger partial charge in [0.05, 0.1) is 18.8 Å². The molecule has 0 saturated carbocycles. The van der Waals surface area contributed by atoms with Crippen molar-refractivity contribution in [3.05, 3.63) is 0 Å². The van der Waals surface area contributed by atoms with Crippen LogP contribution in [0.1, 0.15) is 20.8 Å². The Morgan fingerprint density at radius 3 is 2.76 bits per heavy atom. The first-order valence-electron chi connectivity index (χ1n) is 6.34. The van der Waals surface area contributed by atoms with Crippen LogP contribution in [0.15, 0.2) is 0 Å². The van der Waals surface area contributed by atoms with Crippen molar-refractivity contribution < 1.29 is 9.53 Å². The molecule has 2 atom stereocenters. The van der Waals surface area contributed by atoms with E-state index >= 15 is 0 Å². The summed E-state index contributed by atoms with van der Waals surface area (Å²) in [7, 11) is 0. The van der Waals surface area contributed by atoms with Gasteiger partial charge in [-0.3, -0.25) is 0 Å². The lowest BCUT2D eigenvalue weighted by molar-refractivity contribution is 0.0140. The van der Waals surface area contributed by atoms with E-state index in [0.29, 0.717) is 6.54 Å². The van der Waals surface area contributed by atoms with Crippen LogP contribution in [0.25, 0.3) is 0 Å². The first-order chi connectivity index (χ1) is 7.97. The SMILES string of the molecule is CC(C)(C)C1CN(CC2CNCCO2)C(=O)N1. The van der Waals surface area contributed by atoms with Gasteiger partial charge in [-0.05, 0) is 5.41 Å². The number of hydrogen-bond donors (Lipinski definition) is 2. The highest BCUT2D eigenvalue weighted by molar-refractivity contribution is 5.77. The number of hydrogen-bond acceptors (Lipinski definition) is 3. The summed E-state index contributed by atoms with van der Waals surface area (Å²) in [6.45, 7) is 10.4. The number of nitrogens with one attached hydrogen (secondary N) is 2. The molecule has 2 heterocycles. The average Bonchev–Trinajstić information content (AvgIpc) is 2.62. The summed E-state index contributed by atoms with van der Waals surface area (Å²) in [4.78, 5) is 13.7. The molecule has 5 nitrogen and oxygen atoms in total. The molecule has 2 aliphatic rings. The van der Waals surface area contributed by atoms with Crippen LogP contribution in [-0.4, -0.2) is 55.9 Å². The predicted octanol–water partition coefficient (Wildman–Crippen LogP) is 0.415. The first kappa shape index (κ1) is 12.6. The maximum absolute atomic E-state index is 11.8. The standard InChI is InChI=1S/C12H23N3O2/c1-12(2,3)10-8-15(11(16)14-10)7-9-6-13-4-5-17-9/h9-10,13H,4-8H2,1-3H3,(H,14,16). The van der Waals surface area contributed by atoms with Gasteiger partial charge in [-0.25, -0.2) is 4.79 Å². The molecule has 0 aromatic carbocycles. The number of nitrogens with zero attached hydrogens (tertiary/aromatic N) is 1. The number of amides is 2. The van der Waals surface area contributed by atoms with Crippen molar-refractivity contribution >= 4 is 6.03 Å². The van der Waals surface area contributed by atoms with Crippen molar-refractivity contribution in [1.82, 2.24) is 15.5 Å². The molecule has 2 saturated heterocycles. The largest absolute Gasteiger partial charge is 0.374 e. The Balaban J connectivity index is 1.87. The Bertz CT molecular complexity index is 282. The lowest BCUT2D eigenvalue weighted by atomic mass is 9.87. The van der Waals surface area contributed by atoms with Gasteiger partial charge in [-0.2, -0.15) is 0 Å². The van der Waals surface area contributed by atoms with Crippen molar-refractivity contribution in [2.45, 2.75) is 32.9 Å². The van der Waals surface area contributed by atoms with E-state index in [2.05, 4.69) is 31.4 Å². The minimum absolute atomic E-state index is 0.0408. The molecule has 2 fully saturated rings. The Morgan fingerprint density at radius 1 is 1.47 bits per heavy atom. The molecule has 0 aromatic heterocycles. The van der Waals surface area contributed by atoms with E-state index in [1.807, 2.05) is 4.90 Å². The second-order valence-corrected chi connectivity index (χ2v) is 5.97. The first-order valence-corrected chi connectivity index (χ1v) is 6.34. The highest BCUT2D eigenvalue weighted by Gasteiger charge is 2.37. The number of rotatable bonds is 2. The Kier molecular flexibility index (Phi) is 3.58. The zero-order valence-corrected chi connectivity index (χ0v) is 11.0. The highest BCUT2D eigenvalue weighted by atomic mass is 16.5. The van der Waals surface area contributed by atoms with Gasteiger partial charge in [0.2, 0.25) is 0 Å². The molecule has 2 aliphatic heterocycles. The summed E-state index contributed by atoms with van der Waals surface area (Å²) < 4.78 is 5.62. The molecule has 2 amide bonds. The van der Waals surface area contributed by atoms with E-state index in [9.17, 15) is 4.79 Å². The summed E-state index contributed by atoms with van der Waals surface area (Å²) >= 11 is 0. The quantitative estimate of drug-likeness (QED) is 0.736. The molecule has 2 rings (SSSR count). The van der Waals surface area contributed by atoms with Crippen LogP contribution in [0, 0.1) is 5.41 Å². The summed E-state index contributed by atoms with van der Waals surface area (Å²) in [5.41, 5.74) is 0.107. The minimum Gasteiger partial charge on any atom is -0.374 e. The fraction of sp³-hybridized carbons (Fsp3) is 0.917. The van der Waals surface area contributed by atoms with Gasteiger partial charge < -0.3 is 20.3 Å². The lowest BCUT2D eigenvalue weighted by Gasteiger charge is -2.28. The topological polar surface area (TPSA) is 53.6 Å². The van der Waals surface area contributed by atoms with Crippen LogP contribution >= 0.6 is 0 Å². The smallest absolute Gasteiger partial charge is 0.317 e. The fourth-order valence-corrected chi connectivity index (χ4v) is 2.22. The van der Waals surface area contributed by atoms with Gasteiger partial charge in [-0.1, -0.05) is 20.8 Å². The molecule has 0 aliphatic carbocycles. The summed E-state index contributed by atoms with van der Waals surface area (Å²) in [6, 6.07) is 0.269. The van der Waals surface area contributed by atoms with Crippen LogP contribution in [-0.2, 0) is 4.74 Å². The number of ether oxygens (including phenoxy) is 1. The van der Waals surface area contributed by atoms with E-state index in [-0.39, 0.29) is 23.6 Å². The van der Waals surface area contributed by atoms with Crippen LogP contribution in [0.5, 0.6) is 0 Å². The molecule has 17 heavy (non-hydrogen) atoms. The molecule has 0 radical (unpaired) electrons. The van der Waals surface area contributed by atoms with Gasteiger partial charge in [0.25, 0.3) is 0 Å². The zero-order chi connectivity index (χ0) is 12.5. The second kappa shape index (κ2) is 4.82. The number of carbonyl (C=O) groups is 1. The maximum Gasteiger partial charge on any atom is 0.317 e. The van der Waals surface area contributed by atoms with Gasteiger partial charge in [0, 0.05) is 26.2 Å². The highest BCUT2D eigenvalue weighted by Crippen LogP contribution is 2.24. The predicted molar refractivity (Wildman–Crippen MR) is 66.0 cm³/mol. The number of urea groups is 1. The molecule has 0 bridgehead atoms. The molecular weight excluding hydrogens is 218 g/mol. The summed E-state index contributed by atoms with van der Waals surface area (Å²) in [5, 5.41) is 6.33. The van der Waals surface area contributed by atoms with E-state index in [0.717, 1.165) is 26.2 Å². The summed E-state index contributed by atoms with van der Waals surface area (Å²) in [6.07, 6.45) is 0.133. The molecule has 2 N–H and O–H groups in total. The average molecular weight is 241 g/mol. The lowest BCUT2D eigenvalue weighted by Crippen LogP contribution is -2.46. The zero-order valence-electron chi connectivity index (χ0n) is 11.0. The fourth-order valence-electron chi connectivity index (χ4n) is 2.22. The molecule has 2 unspecified atom stereocenters. The number of morpholine rings is 1. The maximum atomic E-state index is 11.8. The van der Waals surface area contributed by atoms with E-state index in [1.165, 1.54) is 0 Å². The van der Waals surface area contributed by atoms with Crippen LogP contribution in [0.3, 0.4) is 0 Å². The third kappa shape index (κ3) is 3.10. The van der Waals surface area contributed by atoms with E-state index in [4.69, 9.17) is 4.74 Å². The van der Waals surface area contributed by atoms with Crippen molar-refractivity contribution in [3.63, 3.8) is 0 Å². The third-order valence-electron chi connectivity index (χ3n) is 3.46. The normalized spacial score (nSPS) is 30.5. The van der Waals surface area contributed by atoms with Gasteiger partial charge in [0.15, 0.2) is 0 Å². The van der Waals surface area contributed by atoms with Gasteiger partial charge in [-0.15, -0.1) is 0 Å². The molecule has 98 valence electrons. The molecular formula is C12H23N3O2.